The summed E-state index contributed by atoms with van der Waals surface area (Å²) in [4.78, 5) is 4.71. The molecule has 1 fully saturated rings. The third-order valence-electron chi connectivity index (χ3n) is 3.87. The number of amidine groups is 1. The Morgan fingerprint density at radius 2 is 1.95 bits per heavy atom. The smallest absolute Gasteiger partial charge is 0.157 e. The molecule has 0 aliphatic carbocycles. The van der Waals surface area contributed by atoms with Gasteiger partial charge in [0.1, 0.15) is 5.82 Å². The van der Waals surface area contributed by atoms with Crippen LogP contribution in [0.4, 0.5) is 4.39 Å². The van der Waals surface area contributed by atoms with E-state index in [1.807, 2.05) is 6.92 Å². The molecule has 2 nitrogen and oxygen atoms in total. The van der Waals surface area contributed by atoms with Gasteiger partial charge in [0.25, 0.3) is 0 Å². The van der Waals surface area contributed by atoms with E-state index in [2.05, 4.69) is 19.2 Å². The molecular weight excluding hydrogens is 259 g/mol. The zero-order valence-electron chi connectivity index (χ0n) is 11.7. The number of thioether (sulfide) groups is 1. The Morgan fingerprint density at radius 1 is 1.32 bits per heavy atom. The largest absolute Gasteiger partial charge is 0.359 e. The summed E-state index contributed by atoms with van der Waals surface area (Å²) >= 11 is 1.79. The maximum atomic E-state index is 12.9. The maximum Gasteiger partial charge on any atom is 0.157 e. The lowest BCUT2D eigenvalue weighted by atomic mass is 9.96. The number of nitrogens with zero attached hydrogens (tertiary/aromatic N) is 1. The number of hydrogen-bond donors (Lipinski definition) is 1. The van der Waals surface area contributed by atoms with Crippen molar-refractivity contribution in [2.24, 2.45) is 4.99 Å². The number of aliphatic imine (C=N–C) groups is 1. The monoisotopic (exact) mass is 280 g/mol. The van der Waals surface area contributed by atoms with Crippen LogP contribution in [-0.2, 0) is 0 Å². The average Bonchev–Trinajstić information content (AvgIpc) is 2.83. The maximum absolute atomic E-state index is 12.9. The summed E-state index contributed by atoms with van der Waals surface area (Å²) < 4.78 is 12.9. The molecule has 1 heterocycles. The van der Waals surface area contributed by atoms with E-state index in [1.165, 1.54) is 12.1 Å². The van der Waals surface area contributed by atoms with Gasteiger partial charge in [0.2, 0.25) is 0 Å². The minimum atomic E-state index is -0.201. The fourth-order valence-electron chi connectivity index (χ4n) is 2.20. The molecule has 4 heteroatoms. The Labute approximate surface area is 118 Å². The Kier molecular flexibility index (Phi) is 4.50. The summed E-state index contributed by atoms with van der Waals surface area (Å²) in [5.74, 6) is 0.877. The predicted octanol–water partition coefficient (Wildman–Crippen LogP) is 4.14. The second kappa shape index (κ2) is 5.95. The van der Waals surface area contributed by atoms with E-state index in [0.29, 0.717) is 0 Å². The van der Waals surface area contributed by atoms with Gasteiger partial charge < -0.3 is 5.32 Å². The van der Waals surface area contributed by atoms with Crippen molar-refractivity contribution < 1.29 is 4.39 Å². The highest BCUT2D eigenvalue weighted by atomic mass is 32.2. The van der Waals surface area contributed by atoms with E-state index >= 15 is 0 Å². The van der Waals surface area contributed by atoms with Crippen LogP contribution in [-0.4, -0.2) is 16.5 Å². The van der Waals surface area contributed by atoms with Crippen molar-refractivity contribution in [3.63, 3.8) is 0 Å². The van der Waals surface area contributed by atoms with Gasteiger partial charge in [-0.2, -0.15) is 0 Å². The molecule has 1 N–H and O–H groups in total. The first-order chi connectivity index (χ1) is 9.08. The highest BCUT2D eigenvalue weighted by Gasteiger charge is 2.33. The van der Waals surface area contributed by atoms with Crippen LogP contribution in [0.2, 0.25) is 0 Å². The standard InChI is InChI=1S/C15H21FN2S/c1-4-15(5-2)10-19-14(18-15)17-11(3)12-6-8-13(16)9-7-12/h6-9,11H,4-5,10H2,1-3H3,(H,17,18). The first kappa shape index (κ1) is 14.4. The Morgan fingerprint density at radius 3 is 2.47 bits per heavy atom. The van der Waals surface area contributed by atoms with Crippen LogP contribution in [0.1, 0.15) is 45.2 Å². The van der Waals surface area contributed by atoms with Crippen LogP contribution < -0.4 is 5.32 Å². The topological polar surface area (TPSA) is 24.4 Å². The van der Waals surface area contributed by atoms with E-state index in [4.69, 9.17) is 4.99 Å². The number of benzene rings is 1. The van der Waals surface area contributed by atoms with E-state index in [9.17, 15) is 4.39 Å². The van der Waals surface area contributed by atoms with Crippen molar-refractivity contribution in [3.8, 4) is 0 Å². The molecule has 0 bridgehead atoms. The second-order valence-corrected chi connectivity index (χ2v) is 6.03. The van der Waals surface area contributed by atoms with Crippen molar-refractivity contribution >= 4 is 16.9 Å². The molecule has 0 radical (unpaired) electrons. The lowest BCUT2D eigenvalue weighted by Gasteiger charge is -2.25. The van der Waals surface area contributed by atoms with Gasteiger partial charge in [-0.05, 0) is 37.5 Å². The van der Waals surface area contributed by atoms with Crippen molar-refractivity contribution in [1.29, 1.82) is 0 Å². The second-order valence-electron chi connectivity index (χ2n) is 5.06. The van der Waals surface area contributed by atoms with Crippen LogP contribution in [0.15, 0.2) is 29.3 Å². The van der Waals surface area contributed by atoms with E-state index in [1.54, 1.807) is 23.9 Å². The Bertz CT molecular complexity index is 452. The summed E-state index contributed by atoms with van der Waals surface area (Å²) in [7, 11) is 0. The average molecular weight is 280 g/mol. The molecule has 1 saturated heterocycles. The van der Waals surface area contributed by atoms with Crippen molar-refractivity contribution in [1.82, 2.24) is 5.32 Å². The van der Waals surface area contributed by atoms with Gasteiger partial charge in [0.15, 0.2) is 5.17 Å². The fraction of sp³-hybridized carbons (Fsp3) is 0.533. The third kappa shape index (κ3) is 3.30. The molecule has 19 heavy (non-hydrogen) atoms. The van der Waals surface area contributed by atoms with E-state index in [0.717, 1.165) is 29.3 Å². The zero-order chi connectivity index (χ0) is 13.9. The Hall–Kier alpha value is -1.03. The fourth-order valence-corrected chi connectivity index (χ4v) is 3.61. The summed E-state index contributed by atoms with van der Waals surface area (Å²) in [5, 5.41) is 4.57. The third-order valence-corrected chi connectivity index (χ3v) is 5.05. The van der Waals surface area contributed by atoms with Crippen LogP contribution in [0.3, 0.4) is 0 Å². The van der Waals surface area contributed by atoms with Gasteiger partial charge in [-0.1, -0.05) is 37.7 Å². The molecule has 0 amide bonds. The molecule has 1 aromatic carbocycles. The summed E-state index contributed by atoms with van der Waals surface area (Å²) in [6.45, 7) is 6.47. The molecule has 0 saturated carbocycles. The van der Waals surface area contributed by atoms with Crippen LogP contribution >= 0.6 is 11.8 Å². The first-order valence-corrected chi connectivity index (χ1v) is 7.81. The van der Waals surface area contributed by atoms with E-state index < -0.39 is 0 Å². The van der Waals surface area contributed by atoms with Gasteiger partial charge in [-0.3, -0.25) is 4.99 Å². The van der Waals surface area contributed by atoms with Crippen LogP contribution in [0, 0.1) is 5.82 Å². The SMILES string of the molecule is CCC1(CC)CSC(=NC(C)c2ccc(F)cc2)N1. The molecule has 1 atom stereocenters. The molecule has 1 aliphatic heterocycles. The minimum absolute atomic E-state index is 0.0557. The van der Waals surface area contributed by atoms with E-state index in [-0.39, 0.29) is 17.4 Å². The number of halogens is 1. The molecule has 104 valence electrons. The highest BCUT2D eigenvalue weighted by molar-refractivity contribution is 8.14. The first-order valence-electron chi connectivity index (χ1n) is 6.83. The van der Waals surface area contributed by atoms with Gasteiger partial charge in [-0.25, -0.2) is 4.39 Å². The summed E-state index contributed by atoms with van der Waals surface area (Å²) in [6.07, 6.45) is 2.22. The molecule has 0 spiro atoms. The molecule has 1 aliphatic rings. The summed E-state index contributed by atoms with van der Waals surface area (Å²) in [5.41, 5.74) is 1.24. The number of rotatable bonds is 4. The van der Waals surface area contributed by atoms with Gasteiger partial charge >= 0.3 is 0 Å². The van der Waals surface area contributed by atoms with Gasteiger partial charge in [0, 0.05) is 11.3 Å². The molecular formula is C15H21FN2S. The van der Waals surface area contributed by atoms with Crippen LogP contribution in [0.25, 0.3) is 0 Å². The number of nitrogens with one attached hydrogen (secondary N) is 1. The van der Waals surface area contributed by atoms with Gasteiger partial charge in [0.05, 0.1) is 6.04 Å². The molecule has 1 unspecified atom stereocenters. The minimum Gasteiger partial charge on any atom is -0.359 e. The van der Waals surface area contributed by atoms with Crippen LogP contribution in [0.5, 0.6) is 0 Å². The van der Waals surface area contributed by atoms with Crippen molar-refractivity contribution in [3.05, 3.63) is 35.6 Å². The van der Waals surface area contributed by atoms with Crippen molar-refractivity contribution in [2.75, 3.05) is 5.75 Å². The normalized spacial score (nSPS) is 21.4. The lowest BCUT2D eigenvalue weighted by molar-refractivity contribution is 0.407. The zero-order valence-corrected chi connectivity index (χ0v) is 12.6. The lowest BCUT2D eigenvalue weighted by Crippen LogP contribution is -2.42. The highest BCUT2D eigenvalue weighted by Crippen LogP contribution is 2.30. The van der Waals surface area contributed by atoms with Gasteiger partial charge in [-0.15, -0.1) is 0 Å². The van der Waals surface area contributed by atoms with Crippen molar-refractivity contribution in [2.45, 2.75) is 45.2 Å². The summed E-state index contributed by atoms with van der Waals surface area (Å²) in [6, 6.07) is 6.64. The predicted molar refractivity (Wildman–Crippen MR) is 81.2 cm³/mol. The molecule has 0 aromatic heterocycles. The molecule has 1 aromatic rings. The quantitative estimate of drug-likeness (QED) is 0.896. The number of hydrogen-bond acceptors (Lipinski definition) is 2. The molecule has 2 rings (SSSR count). The Balaban J connectivity index is 2.08.